The van der Waals surface area contributed by atoms with Crippen molar-refractivity contribution in [3.05, 3.63) is 137 Å². The first-order valence-corrected chi connectivity index (χ1v) is 15.6. The number of ether oxygens (including phenoxy) is 1. The van der Waals surface area contributed by atoms with Gasteiger partial charge >= 0.3 is 6.18 Å². The number of phenols is 1. The van der Waals surface area contributed by atoms with Crippen LogP contribution in [-0.4, -0.2) is 17.5 Å². The van der Waals surface area contributed by atoms with Crippen molar-refractivity contribution >= 4 is 17.3 Å². The fourth-order valence-corrected chi connectivity index (χ4v) is 6.41. The highest BCUT2D eigenvalue weighted by molar-refractivity contribution is 7.98. The molecule has 0 aliphatic heterocycles. The third-order valence-corrected chi connectivity index (χ3v) is 8.74. The number of alkyl halides is 3. The molecular formula is C36H35F3O2S. The fourth-order valence-electron chi connectivity index (χ4n) is 5.43. The van der Waals surface area contributed by atoms with Crippen LogP contribution < -0.4 is 4.74 Å². The lowest BCUT2D eigenvalue weighted by Gasteiger charge is -2.20. The average Bonchev–Trinajstić information content (AvgIpc) is 3.18. The molecule has 5 rings (SSSR count). The number of allylic oxidation sites excluding steroid dienone is 1. The summed E-state index contributed by atoms with van der Waals surface area (Å²) in [4.78, 5) is 0. The molecule has 42 heavy (non-hydrogen) atoms. The number of benzene rings is 4. The molecule has 0 aromatic heterocycles. The van der Waals surface area contributed by atoms with E-state index in [4.69, 9.17) is 4.74 Å². The van der Waals surface area contributed by atoms with Gasteiger partial charge in [-0.25, -0.2) is 0 Å². The number of thioether (sulfide) groups is 1. The van der Waals surface area contributed by atoms with E-state index >= 15 is 0 Å². The zero-order valence-electron chi connectivity index (χ0n) is 23.4. The van der Waals surface area contributed by atoms with Crippen LogP contribution in [0.15, 0.2) is 103 Å². The lowest BCUT2D eigenvalue weighted by molar-refractivity contribution is -0.137. The Morgan fingerprint density at radius 2 is 1.60 bits per heavy atom. The average molecular weight is 589 g/mol. The van der Waals surface area contributed by atoms with Crippen LogP contribution in [0.1, 0.15) is 71.4 Å². The number of halogens is 3. The van der Waals surface area contributed by atoms with Crippen molar-refractivity contribution in [3.8, 4) is 11.5 Å². The highest BCUT2D eigenvalue weighted by atomic mass is 32.2. The van der Waals surface area contributed by atoms with Gasteiger partial charge in [0.25, 0.3) is 0 Å². The van der Waals surface area contributed by atoms with Crippen LogP contribution in [0.4, 0.5) is 13.2 Å². The second-order valence-electron chi connectivity index (χ2n) is 10.6. The van der Waals surface area contributed by atoms with Crippen molar-refractivity contribution in [2.24, 2.45) is 0 Å². The Hall–Kier alpha value is -3.64. The molecule has 0 fully saturated rings. The van der Waals surface area contributed by atoms with Crippen molar-refractivity contribution < 1.29 is 23.0 Å². The van der Waals surface area contributed by atoms with E-state index < -0.39 is 11.7 Å². The number of aromatic hydroxyl groups is 1. The maximum atomic E-state index is 12.7. The van der Waals surface area contributed by atoms with E-state index in [-0.39, 0.29) is 11.7 Å². The van der Waals surface area contributed by atoms with Gasteiger partial charge in [-0.15, -0.1) is 0 Å². The Morgan fingerprint density at radius 1 is 0.833 bits per heavy atom. The quantitative estimate of drug-likeness (QED) is 0.177. The number of rotatable bonds is 11. The molecule has 1 atom stereocenters. The van der Waals surface area contributed by atoms with Crippen LogP contribution in [0, 0.1) is 0 Å². The van der Waals surface area contributed by atoms with Crippen molar-refractivity contribution in [2.75, 3.05) is 12.4 Å². The monoisotopic (exact) mass is 588 g/mol. The summed E-state index contributed by atoms with van der Waals surface area (Å²) in [6.07, 6.45) is 2.99. The van der Waals surface area contributed by atoms with Crippen molar-refractivity contribution in [3.63, 3.8) is 0 Å². The molecule has 6 heteroatoms. The van der Waals surface area contributed by atoms with E-state index in [0.29, 0.717) is 6.61 Å². The highest BCUT2D eigenvalue weighted by Gasteiger charge is 2.30. The Morgan fingerprint density at radius 3 is 2.33 bits per heavy atom. The summed E-state index contributed by atoms with van der Waals surface area (Å²) in [6.45, 7) is 0.645. The van der Waals surface area contributed by atoms with Gasteiger partial charge in [-0.05, 0) is 108 Å². The SMILES string of the molecule is Oc1ccc2c(c1)C(c1ccccc1)CCC=C2c1ccc(OCCCCCSCc2ccc(C(F)(F)F)cc2)cc1. The smallest absolute Gasteiger partial charge is 0.416 e. The Kier molecular flexibility index (Phi) is 9.96. The minimum absolute atomic E-state index is 0.230. The van der Waals surface area contributed by atoms with Gasteiger partial charge in [0.05, 0.1) is 12.2 Å². The second-order valence-corrected chi connectivity index (χ2v) is 11.7. The molecule has 4 aromatic carbocycles. The minimum Gasteiger partial charge on any atom is -0.508 e. The predicted octanol–water partition coefficient (Wildman–Crippen LogP) is 10.3. The molecule has 1 aliphatic rings. The number of phenolic OH excluding ortho intramolecular Hbond substituents is 1. The molecule has 218 valence electrons. The van der Waals surface area contributed by atoms with Gasteiger partial charge in [-0.3, -0.25) is 0 Å². The van der Waals surface area contributed by atoms with Crippen LogP contribution in [0.25, 0.3) is 5.57 Å². The van der Waals surface area contributed by atoms with Gasteiger partial charge < -0.3 is 9.84 Å². The normalized spacial score (nSPS) is 15.0. The number of unbranched alkanes of at least 4 members (excludes halogenated alkanes) is 2. The maximum absolute atomic E-state index is 12.7. The van der Waals surface area contributed by atoms with Crippen molar-refractivity contribution in [1.29, 1.82) is 0 Å². The summed E-state index contributed by atoms with van der Waals surface area (Å²) in [7, 11) is 0. The zero-order valence-corrected chi connectivity index (χ0v) is 24.3. The van der Waals surface area contributed by atoms with E-state index in [9.17, 15) is 18.3 Å². The van der Waals surface area contributed by atoms with Gasteiger partial charge in [0, 0.05) is 11.7 Å². The molecule has 0 saturated heterocycles. The molecule has 0 saturated carbocycles. The van der Waals surface area contributed by atoms with Gasteiger partial charge in [-0.2, -0.15) is 24.9 Å². The Bertz CT molecular complexity index is 1460. The molecule has 0 amide bonds. The van der Waals surface area contributed by atoms with Gasteiger partial charge in [0.2, 0.25) is 0 Å². The summed E-state index contributed by atoms with van der Waals surface area (Å²) >= 11 is 1.74. The first-order chi connectivity index (χ1) is 20.4. The molecule has 0 spiro atoms. The molecule has 1 aliphatic carbocycles. The van der Waals surface area contributed by atoms with E-state index in [1.807, 2.05) is 30.3 Å². The van der Waals surface area contributed by atoms with E-state index in [0.717, 1.165) is 83.7 Å². The molecule has 0 radical (unpaired) electrons. The standard InChI is InChI=1S/C36H35F3O2S/c37-36(38,39)29-16-12-26(13-17-29)25-42-23-6-2-5-22-41-31-19-14-28(15-20-31)32-10-7-11-33(27-8-3-1-4-9-27)35-24-30(40)18-21-34(32)35/h1,3-4,8-10,12-21,24,33,40H,2,5-7,11,22-23,25H2. The molecule has 2 nitrogen and oxygen atoms in total. The maximum Gasteiger partial charge on any atom is 0.416 e. The molecule has 4 aromatic rings. The summed E-state index contributed by atoms with van der Waals surface area (Å²) in [5.41, 5.74) is 6.21. The van der Waals surface area contributed by atoms with Gasteiger partial charge in [-0.1, -0.05) is 66.7 Å². The first kappa shape index (κ1) is 29.8. The predicted molar refractivity (Wildman–Crippen MR) is 166 cm³/mol. The lowest BCUT2D eigenvalue weighted by atomic mass is 9.84. The molecule has 1 N–H and O–H groups in total. The van der Waals surface area contributed by atoms with Crippen LogP contribution in [0.5, 0.6) is 11.5 Å². The number of hydrogen-bond acceptors (Lipinski definition) is 3. The van der Waals surface area contributed by atoms with Crippen molar-refractivity contribution in [1.82, 2.24) is 0 Å². The summed E-state index contributed by atoms with van der Waals surface area (Å²) < 4.78 is 44.1. The molecule has 0 bridgehead atoms. The van der Waals surface area contributed by atoms with Gasteiger partial charge in [0.1, 0.15) is 11.5 Å². The van der Waals surface area contributed by atoms with E-state index in [1.54, 1.807) is 30.0 Å². The molecule has 0 heterocycles. The Labute approximate surface area is 250 Å². The van der Waals surface area contributed by atoms with Gasteiger partial charge in [0.15, 0.2) is 0 Å². The van der Waals surface area contributed by atoms with Crippen LogP contribution in [0.2, 0.25) is 0 Å². The zero-order chi connectivity index (χ0) is 29.4. The Balaban J connectivity index is 1.08. The van der Waals surface area contributed by atoms with E-state index in [1.165, 1.54) is 11.1 Å². The number of hydrogen-bond donors (Lipinski definition) is 1. The molecular weight excluding hydrogens is 553 g/mol. The lowest BCUT2D eigenvalue weighted by Crippen LogP contribution is -2.04. The summed E-state index contributed by atoms with van der Waals surface area (Å²) in [6, 6.07) is 29.9. The topological polar surface area (TPSA) is 29.5 Å². The fraction of sp³-hybridized carbons (Fsp3) is 0.278. The molecule has 1 unspecified atom stereocenters. The number of fused-ring (bicyclic) bond motifs is 1. The summed E-state index contributed by atoms with van der Waals surface area (Å²) in [5.74, 6) is 3.05. The van der Waals surface area contributed by atoms with Crippen LogP contribution in [0.3, 0.4) is 0 Å². The summed E-state index contributed by atoms with van der Waals surface area (Å²) in [5, 5.41) is 10.3. The third kappa shape index (κ3) is 7.80. The third-order valence-electron chi connectivity index (χ3n) is 7.62. The first-order valence-electron chi connectivity index (χ1n) is 14.4. The largest absolute Gasteiger partial charge is 0.508 e. The minimum atomic E-state index is -4.28. The van der Waals surface area contributed by atoms with E-state index in [2.05, 4.69) is 42.5 Å². The van der Waals surface area contributed by atoms with Crippen LogP contribution >= 0.6 is 11.8 Å². The van der Waals surface area contributed by atoms with Crippen molar-refractivity contribution in [2.45, 2.75) is 50.0 Å². The second kappa shape index (κ2) is 14.0. The van der Waals surface area contributed by atoms with Crippen LogP contribution in [-0.2, 0) is 11.9 Å². The highest BCUT2D eigenvalue weighted by Crippen LogP contribution is 2.41.